The number of unbranched alkanes of at least 4 members (excludes halogenated alkanes) is 2. The Labute approximate surface area is 184 Å². The van der Waals surface area contributed by atoms with Crippen LogP contribution in [0.5, 0.6) is 5.75 Å². The van der Waals surface area contributed by atoms with Crippen molar-refractivity contribution in [2.75, 3.05) is 19.8 Å². The minimum atomic E-state index is -3.66. The molecule has 0 amide bonds. The van der Waals surface area contributed by atoms with Crippen molar-refractivity contribution >= 4 is 0 Å². The van der Waals surface area contributed by atoms with Crippen LogP contribution < -0.4 is 4.74 Å². The Hall–Kier alpha value is -1.45. The summed E-state index contributed by atoms with van der Waals surface area (Å²) in [5.41, 5.74) is -0.130. The van der Waals surface area contributed by atoms with Gasteiger partial charge in [-0.15, -0.1) is 0 Å². The summed E-state index contributed by atoms with van der Waals surface area (Å²) in [5, 5.41) is 0. The molecule has 0 N–H and O–H groups in total. The highest BCUT2D eigenvalue weighted by Crippen LogP contribution is 2.50. The second-order valence-corrected chi connectivity index (χ2v) is 9.34. The number of halogens is 5. The van der Waals surface area contributed by atoms with Gasteiger partial charge in [0.1, 0.15) is 5.75 Å². The van der Waals surface area contributed by atoms with Crippen LogP contribution in [-0.2, 0) is 14.2 Å². The Kier molecular flexibility index (Phi) is 6.71. The number of ether oxygens (including phenoxy) is 4. The molecule has 3 heterocycles. The van der Waals surface area contributed by atoms with Crippen molar-refractivity contribution in [1.82, 2.24) is 0 Å². The van der Waals surface area contributed by atoms with E-state index in [0.717, 1.165) is 25.7 Å². The number of hydrogen-bond acceptors (Lipinski definition) is 4. The van der Waals surface area contributed by atoms with E-state index in [-0.39, 0.29) is 24.2 Å². The zero-order valence-electron chi connectivity index (χ0n) is 18.1. The number of fused-ring (bicyclic) bond motifs is 3. The van der Waals surface area contributed by atoms with Crippen LogP contribution in [0.15, 0.2) is 12.1 Å². The molecule has 5 rings (SSSR count). The quantitative estimate of drug-likeness (QED) is 0.262. The van der Waals surface area contributed by atoms with E-state index in [4.69, 9.17) is 14.2 Å². The van der Waals surface area contributed by atoms with E-state index in [1.54, 1.807) is 0 Å². The van der Waals surface area contributed by atoms with Crippen LogP contribution in [0, 0.1) is 34.7 Å². The molecule has 4 aliphatic rings. The molecule has 0 unspecified atom stereocenters. The van der Waals surface area contributed by atoms with E-state index in [1.807, 2.05) is 0 Å². The summed E-state index contributed by atoms with van der Waals surface area (Å²) >= 11 is 0. The van der Waals surface area contributed by atoms with E-state index in [2.05, 4.69) is 11.7 Å². The normalized spacial score (nSPS) is 32.8. The number of rotatable bonds is 8. The molecular formula is C23H29F5O4. The second kappa shape index (κ2) is 9.06. The van der Waals surface area contributed by atoms with Gasteiger partial charge in [-0.1, -0.05) is 26.2 Å². The van der Waals surface area contributed by atoms with Crippen LogP contribution in [-0.4, -0.2) is 31.9 Å². The predicted molar refractivity (Wildman–Crippen MR) is 105 cm³/mol. The lowest BCUT2D eigenvalue weighted by atomic mass is 9.77. The molecule has 1 saturated carbocycles. The van der Waals surface area contributed by atoms with Crippen molar-refractivity contribution in [3.8, 4) is 5.75 Å². The molecule has 9 heteroatoms. The molecule has 180 valence electrons. The zero-order chi connectivity index (χ0) is 23.0. The highest BCUT2D eigenvalue weighted by Gasteiger charge is 2.57. The van der Waals surface area contributed by atoms with Gasteiger partial charge in [0, 0.05) is 23.5 Å². The predicted octanol–water partition coefficient (Wildman–Crippen LogP) is 6.18. The third-order valence-electron chi connectivity index (χ3n) is 6.96. The van der Waals surface area contributed by atoms with Gasteiger partial charge in [-0.05, 0) is 32.1 Å². The van der Waals surface area contributed by atoms with Gasteiger partial charge in [0.25, 0.3) is 5.97 Å². The molecule has 0 atom stereocenters. The molecule has 3 saturated heterocycles. The lowest BCUT2D eigenvalue weighted by Crippen LogP contribution is -2.63. The van der Waals surface area contributed by atoms with Gasteiger partial charge in [-0.2, -0.15) is 8.78 Å². The van der Waals surface area contributed by atoms with Crippen molar-refractivity contribution in [1.29, 1.82) is 0 Å². The van der Waals surface area contributed by atoms with Gasteiger partial charge in [0.2, 0.25) is 0 Å². The first kappa shape index (κ1) is 23.7. The fourth-order valence-electron chi connectivity index (χ4n) is 4.95. The van der Waals surface area contributed by atoms with Gasteiger partial charge in [-0.25, -0.2) is 13.2 Å². The molecule has 0 radical (unpaired) electrons. The maximum Gasteiger partial charge on any atom is 0.400 e. The molecular weight excluding hydrogens is 435 g/mol. The van der Waals surface area contributed by atoms with Gasteiger partial charge in [-0.3, -0.25) is 0 Å². The topological polar surface area (TPSA) is 36.9 Å². The van der Waals surface area contributed by atoms with Crippen molar-refractivity contribution in [3.63, 3.8) is 0 Å². The van der Waals surface area contributed by atoms with Gasteiger partial charge in [0.15, 0.2) is 17.5 Å². The SMILES string of the molecule is CCCCCC12COC(C3CCC(C(F)(F)Oc4cc(F)c(F)c(F)c4)CC3)(OC1)OC2. The van der Waals surface area contributed by atoms with Crippen molar-refractivity contribution < 1.29 is 40.9 Å². The van der Waals surface area contributed by atoms with Crippen molar-refractivity contribution in [3.05, 3.63) is 29.6 Å². The summed E-state index contributed by atoms with van der Waals surface area (Å²) in [5.74, 6) is -8.17. The summed E-state index contributed by atoms with van der Waals surface area (Å²) in [6, 6.07) is 0.840. The third kappa shape index (κ3) is 4.61. The number of benzene rings is 1. The maximum atomic E-state index is 14.7. The fourth-order valence-corrected chi connectivity index (χ4v) is 4.95. The average Bonchev–Trinajstić information content (AvgIpc) is 2.79. The maximum absolute atomic E-state index is 14.7. The van der Waals surface area contributed by atoms with Gasteiger partial charge in [0.05, 0.1) is 25.7 Å². The van der Waals surface area contributed by atoms with Crippen molar-refractivity contribution in [2.24, 2.45) is 17.3 Å². The average molecular weight is 464 g/mol. The summed E-state index contributed by atoms with van der Waals surface area (Å²) in [7, 11) is 0. The molecule has 3 aliphatic heterocycles. The standard InChI is InChI=1S/C23H29F5O4/c1-2-3-4-9-21-12-29-23(30-13-21,31-14-21)16-7-5-15(6-8-16)22(27,28)32-17-10-18(24)20(26)19(25)11-17/h10-11,15-16H,2-9,12-14H2,1H3. The van der Waals surface area contributed by atoms with E-state index < -0.39 is 41.2 Å². The lowest BCUT2D eigenvalue weighted by Gasteiger charge is -2.55. The summed E-state index contributed by atoms with van der Waals surface area (Å²) < 4.78 is 91.7. The Balaban J connectivity index is 1.32. The highest BCUT2D eigenvalue weighted by atomic mass is 19.3. The van der Waals surface area contributed by atoms with Crippen LogP contribution in [0.4, 0.5) is 22.0 Å². The Morgan fingerprint density at radius 3 is 2.03 bits per heavy atom. The van der Waals surface area contributed by atoms with E-state index in [0.29, 0.717) is 44.8 Å². The number of alkyl halides is 2. The number of hydrogen-bond donors (Lipinski definition) is 0. The van der Waals surface area contributed by atoms with E-state index >= 15 is 0 Å². The molecule has 0 aromatic heterocycles. The van der Waals surface area contributed by atoms with Crippen LogP contribution in [0.2, 0.25) is 0 Å². The molecule has 1 aromatic carbocycles. The first-order chi connectivity index (χ1) is 15.2. The first-order valence-corrected chi connectivity index (χ1v) is 11.3. The van der Waals surface area contributed by atoms with Crippen LogP contribution in [0.25, 0.3) is 0 Å². The fraction of sp³-hybridized carbons (Fsp3) is 0.739. The molecule has 4 nitrogen and oxygen atoms in total. The molecule has 1 aromatic rings. The van der Waals surface area contributed by atoms with Gasteiger partial charge < -0.3 is 18.9 Å². The molecule has 2 bridgehead atoms. The highest BCUT2D eigenvalue weighted by molar-refractivity contribution is 5.25. The third-order valence-corrected chi connectivity index (χ3v) is 6.96. The molecule has 32 heavy (non-hydrogen) atoms. The Morgan fingerprint density at radius 2 is 1.50 bits per heavy atom. The Bertz CT molecular complexity index is 762. The summed E-state index contributed by atoms with van der Waals surface area (Å²) in [6.07, 6.45) is 1.62. The zero-order valence-corrected chi connectivity index (χ0v) is 18.1. The largest absolute Gasteiger partial charge is 0.432 e. The smallest absolute Gasteiger partial charge is 0.400 e. The molecule has 4 fully saturated rings. The van der Waals surface area contributed by atoms with Crippen LogP contribution >= 0.6 is 0 Å². The van der Waals surface area contributed by atoms with E-state index in [1.165, 1.54) is 0 Å². The van der Waals surface area contributed by atoms with Crippen LogP contribution in [0.3, 0.4) is 0 Å². The van der Waals surface area contributed by atoms with Crippen LogP contribution in [0.1, 0.15) is 58.3 Å². The summed E-state index contributed by atoms with van der Waals surface area (Å²) in [4.78, 5) is 0. The molecule has 1 aliphatic carbocycles. The molecule has 0 spiro atoms. The monoisotopic (exact) mass is 464 g/mol. The second-order valence-electron chi connectivity index (χ2n) is 9.34. The lowest BCUT2D eigenvalue weighted by molar-refractivity contribution is -0.489. The Morgan fingerprint density at radius 1 is 0.938 bits per heavy atom. The minimum Gasteiger partial charge on any atom is -0.432 e. The van der Waals surface area contributed by atoms with Gasteiger partial charge >= 0.3 is 6.11 Å². The van der Waals surface area contributed by atoms with Crippen molar-refractivity contribution in [2.45, 2.75) is 70.4 Å². The minimum absolute atomic E-state index is 0.100. The first-order valence-electron chi connectivity index (χ1n) is 11.3. The summed E-state index contributed by atoms with van der Waals surface area (Å²) in [6.45, 7) is 3.77. The van der Waals surface area contributed by atoms with E-state index in [9.17, 15) is 22.0 Å².